The molecular formula is C21H23N5O5. The van der Waals surface area contributed by atoms with E-state index in [1.165, 1.54) is 11.1 Å². The highest BCUT2D eigenvalue weighted by atomic mass is 16.6. The largest absolute Gasteiger partial charge is 0.497 e. The van der Waals surface area contributed by atoms with Crippen molar-refractivity contribution in [3.05, 3.63) is 36.0 Å². The summed E-state index contributed by atoms with van der Waals surface area (Å²) in [7, 11) is 1.60. The van der Waals surface area contributed by atoms with Gasteiger partial charge in [-0.05, 0) is 30.5 Å². The average Bonchev–Trinajstić information content (AvgIpc) is 3.10. The maximum Gasteiger partial charge on any atom is 0.417 e. The first-order valence-corrected chi connectivity index (χ1v) is 10.2. The molecule has 0 bridgehead atoms. The number of nitrogens with two attached hydrogens (primary N) is 1. The second kappa shape index (κ2) is 7.69. The Hall–Kier alpha value is -3.40. The molecule has 2 N–H and O–H groups in total. The van der Waals surface area contributed by atoms with Gasteiger partial charge in [-0.25, -0.2) is 14.7 Å². The third-order valence-electron chi connectivity index (χ3n) is 5.92. The van der Waals surface area contributed by atoms with E-state index in [4.69, 9.17) is 19.9 Å². The van der Waals surface area contributed by atoms with Crippen LogP contribution in [0.2, 0.25) is 0 Å². The van der Waals surface area contributed by atoms with E-state index in [-0.39, 0.29) is 36.7 Å². The van der Waals surface area contributed by atoms with Crippen LogP contribution < -0.4 is 25.0 Å². The number of carbonyl (C=O) groups excluding carboxylic acids is 2. The maximum absolute atomic E-state index is 12.6. The van der Waals surface area contributed by atoms with E-state index in [9.17, 15) is 9.59 Å². The number of methoxy groups -OCH3 is 1. The van der Waals surface area contributed by atoms with Gasteiger partial charge in [-0.1, -0.05) is 12.1 Å². The fraction of sp³-hybridized carbons (Fsp3) is 0.429. The zero-order chi connectivity index (χ0) is 21.5. The molecule has 2 fully saturated rings. The van der Waals surface area contributed by atoms with E-state index in [0.717, 1.165) is 17.7 Å². The van der Waals surface area contributed by atoms with Crippen LogP contribution in [0.25, 0.3) is 0 Å². The quantitative estimate of drug-likeness (QED) is 0.785. The fourth-order valence-corrected chi connectivity index (χ4v) is 4.29. The van der Waals surface area contributed by atoms with E-state index in [2.05, 4.69) is 9.97 Å². The van der Waals surface area contributed by atoms with Crippen molar-refractivity contribution < 1.29 is 23.8 Å². The molecule has 1 saturated carbocycles. The van der Waals surface area contributed by atoms with E-state index in [0.29, 0.717) is 31.0 Å². The van der Waals surface area contributed by atoms with E-state index in [1.54, 1.807) is 12.0 Å². The highest BCUT2D eigenvalue weighted by molar-refractivity contribution is 5.97. The molecule has 1 aromatic heterocycles. The molecule has 3 atom stereocenters. The third kappa shape index (κ3) is 3.52. The Morgan fingerprint density at radius 2 is 2.03 bits per heavy atom. The summed E-state index contributed by atoms with van der Waals surface area (Å²) in [6.07, 6.45) is 2.86. The Kier molecular flexibility index (Phi) is 4.85. The van der Waals surface area contributed by atoms with Crippen molar-refractivity contribution in [3.8, 4) is 11.5 Å². The molecule has 3 unspecified atom stereocenters. The number of nitrogens with zero attached hydrogens (tertiary/aromatic N) is 4. The number of anilines is 2. The Morgan fingerprint density at radius 1 is 1.23 bits per heavy atom. The number of fused-ring (bicyclic) bond motifs is 2. The van der Waals surface area contributed by atoms with Gasteiger partial charge in [-0.3, -0.25) is 9.69 Å². The summed E-state index contributed by atoms with van der Waals surface area (Å²) in [5, 5.41) is 0. The highest BCUT2D eigenvalue weighted by Gasteiger charge is 2.47. The SMILES string of the molecule is COc1ccc(CN2C(=O)COc3cnc(N4C(=O)OC5CC(N)CCC54)nc32)cc1. The van der Waals surface area contributed by atoms with Crippen LogP contribution in [0, 0.1) is 0 Å². The second-order valence-electron chi connectivity index (χ2n) is 7.91. The predicted molar refractivity (Wildman–Crippen MR) is 110 cm³/mol. The van der Waals surface area contributed by atoms with Crippen molar-refractivity contribution in [1.29, 1.82) is 0 Å². The average molecular weight is 425 g/mol. The van der Waals surface area contributed by atoms with Gasteiger partial charge in [0.2, 0.25) is 5.95 Å². The van der Waals surface area contributed by atoms with Crippen LogP contribution in [0.4, 0.5) is 16.6 Å². The standard InChI is InChI=1S/C21H23N5O5/c1-29-14-5-2-12(3-6-14)10-25-18(27)11-30-17-9-23-20(24-19(17)25)26-15-7-4-13(22)8-16(15)31-21(26)28/h2-3,5-6,9,13,15-16H,4,7-8,10-11,22H2,1H3. The lowest BCUT2D eigenvalue weighted by Crippen LogP contribution is -2.45. The summed E-state index contributed by atoms with van der Waals surface area (Å²) in [6, 6.07) is 7.29. The molecule has 1 aromatic carbocycles. The molecule has 5 rings (SSSR count). The van der Waals surface area contributed by atoms with E-state index in [1.807, 2.05) is 24.3 Å². The van der Waals surface area contributed by atoms with Crippen LogP contribution in [-0.2, 0) is 16.1 Å². The van der Waals surface area contributed by atoms with Gasteiger partial charge in [-0.15, -0.1) is 0 Å². The van der Waals surface area contributed by atoms with Crippen LogP contribution in [0.5, 0.6) is 11.5 Å². The molecular weight excluding hydrogens is 402 g/mol. The number of hydrogen-bond acceptors (Lipinski definition) is 8. The number of benzene rings is 1. The zero-order valence-electron chi connectivity index (χ0n) is 17.1. The first kappa shape index (κ1) is 19.6. The normalized spacial score (nSPS) is 24.9. The Balaban J connectivity index is 1.45. The van der Waals surface area contributed by atoms with Crippen molar-refractivity contribution in [1.82, 2.24) is 9.97 Å². The number of ether oxygens (including phenoxy) is 3. The number of carbonyl (C=O) groups is 2. The lowest BCUT2D eigenvalue weighted by molar-refractivity contribution is -0.121. The summed E-state index contributed by atoms with van der Waals surface area (Å²) in [6.45, 7) is 0.210. The molecule has 0 radical (unpaired) electrons. The van der Waals surface area contributed by atoms with Gasteiger partial charge in [0.05, 0.1) is 25.9 Å². The maximum atomic E-state index is 12.6. The molecule has 10 nitrogen and oxygen atoms in total. The predicted octanol–water partition coefficient (Wildman–Crippen LogP) is 1.62. The molecule has 1 saturated heterocycles. The number of rotatable bonds is 4. The molecule has 2 amide bonds. The number of hydrogen-bond donors (Lipinski definition) is 1. The van der Waals surface area contributed by atoms with Crippen molar-refractivity contribution >= 4 is 23.8 Å². The Bertz CT molecular complexity index is 1010. The van der Waals surface area contributed by atoms with Crippen LogP contribution in [0.3, 0.4) is 0 Å². The molecule has 0 spiro atoms. The van der Waals surface area contributed by atoms with Crippen molar-refractivity contribution in [2.45, 2.75) is 44.0 Å². The van der Waals surface area contributed by atoms with Crippen LogP contribution in [0.15, 0.2) is 30.5 Å². The molecule has 3 aliphatic rings. The van der Waals surface area contributed by atoms with Gasteiger partial charge in [0, 0.05) is 12.5 Å². The summed E-state index contributed by atoms with van der Waals surface area (Å²) in [5.41, 5.74) is 6.93. The van der Waals surface area contributed by atoms with Crippen LogP contribution in [0.1, 0.15) is 24.8 Å². The minimum atomic E-state index is -0.492. The van der Waals surface area contributed by atoms with Gasteiger partial charge >= 0.3 is 6.09 Å². The monoisotopic (exact) mass is 425 g/mol. The summed E-state index contributed by atoms with van der Waals surface area (Å²) in [5.74, 6) is 1.44. The summed E-state index contributed by atoms with van der Waals surface area (Å²) < 4.78 is 16.2. The minimum Gasteiger partial charge on any atom is -0.497 e. The van der Waals surface area contributed by atoms with E-state index < -0.39 is 6.09 Å². The molecule has 31 heavy (non-hydrogen) atoms. The molecule has 3 heterocycles. The van der Waals surface area contributed by atoms with Crippen molar-refractivity contribution in [3.63, 3.8) is 0 Å². The second-order valence-corrected chi connectivity index (χ2v) is 7.91. The summed E-state index contributed by atoms with van der Waals surface area (Å²) >= 11 is 0. The zero-order valence-corrected chi connectivity index (χ0v) is 17.1. The molecule has 2 aromatic rings. The Labute approximate surface area is 178 Å². The number of aromatic nitrogens is 2. The first-order valence-electron chi connectivity index (χ1n) is 10.2. The smallest absolute Gasteiger partial charge is 0.417 e. The fourth-order valence-electron chi connectivity index (χ4n) is 4.29. The lowest BCUT2D eigenvalue weighted by Gasteiger charge is -2.31. The van der Waals surface area contributed by atoms with Gasteiger partial charge in [0.15, 0.2) is 18.2 Å². The third-order valence-corrected chi connectivity index (χ3v) is 5.92. The molecule has 10 heteroatoms. The highest BCUT2D eigenvalue weighted by Crippen LogP contribution is 2.37. The van der Waals surface area contributed by atoms with Crippen LogP contribution >= 0.6 is 0 Å². The topological polar surface area (TPSA) is 120 Å². The van der Waals surface area contributed by atoms with Crippen LogP contribution in [-0.4, -0.2) is 53.9 Å². The number of amides is 2. The summed E-state index contributed by atoms with van der Waals surface area (Å²) in [4.78, 5) is 37.1. The lowest BCUT2D eigenvalue weighted by atomic mass is 9.89. The van der Waals surface area contributed by atoms with Crippen molar-refractivity contribution in [2.24, 2.45) is 5.73 Å². The minimum absolute atomic E-state index is 0.0180. The molecule has 2 aliphatic heterocycles. The Morgan fingerprint density at radius 3 is 2.81 bits per heavy atom. The van der Waals surface area contributed by atoms with E-state index >= 15 is 0 Å². The van der Waals surface area contributed by atoms with Gasteiger partial charge in [0.25, 0.3) is 5.91 Å². The molecule has 162 valence electrons. The van der Waals surface area contributed by atoms with Gasteiger partial charge < -0.3 is 19.9 Å². The molecule has 1 aliphatic carbocycles. The van der Waals surface area contributed by atoms with Crippen molar-refractivity contribution in [2.75, 3.05) is 23.5 Å². The van der Waals surface area contributed by atoms with Gasteiger partial charge in [0.1, 0.15) is 11.9 Å². The van der Waals surface area contributed by atoms with Gasteiger partial charge in [-0.2, -0.15) is 4.98 Å². The first-order chi connectivity index (χ1) is 15.0.